The van der Waals surface area contributed by atoms with E-state index in [0.29, 0.717) is 0 Å². The number of benzene rings is 1. The summed E-state index contributed by atoms with van der Waals surface area (Å²) in [5, 5.41) is 12.5. The molecule has 0 aliphatic rings. The summed E-state index contributed by atoms with van der Waals surface area (Å²) in [5.41, 5.74) is 6.44. The highest BCUT2D eigenvalue weighted by Gasteiger charge is 2.26. The van der Waals surface area contributed by atoms with Crippen LogP contribution in [0.1, 0.15) is 36.7 Å². The Balaban J connectivity index is 2.91. The van der Waals surface area contributed by atoms with Crippen LogP contribution in [-0.4, -0.2) is 22.6 Å². The number of aryl methyl sites for hydroxylation is 1. The topological polar surface area (TPSA) is 75.4 Å². The number of carbonyl (C=O) groups is 1. The standard InChI is InChI=1S/C13H20N2O2/c1-8-5-6-10(11(16)7-8)12(17)15-13(3,4)9(2)14/h5-7,9,16H,14H2,1-4H3,(H,15,17). The molecule has 0 aliphatic carbocycles. The summed E-state index contributed by atoms with van der Waals surface area (Å²) >= 11 is 0. The normalized spacial score (nSPS) is 13.2. The summed E-state index contributed by atoms with van der Waals surface area (Å²) in [5.74, 6) is -0.326. The van der Waals surface area contributed by atoms with Crippen LogP contribution < -0.4 is 11.1 Å². The number of nitrogens with two attached hydrogens (primary N) is 1. The van der Waals surface area contributed by atoms with Crippen molar-refractivity contribution < 1.29 is 9.90 Å². The van der Waals surface area contributed by atoms with Gasteiger partial charge in [0.25, 0.3) is 5.91 Å². The van der Waals surface area contributed by atoms with Crippen molar-refractivity contribution in [2.75, 3.05) is 0 Å². The molecule has 1 amide bonds. The Labute approximate surface area is 102 Å². The molecule has 0 saturated carbocycles. The smallest absolute Gasteiger partial charge is 0.255 e. The Hall–Kier alpha value is -1.55. The van der Waals surface area contributed by atoms with Crippen LogP contribution in [0.2, 0.25) is 0 Å². The van der Waals surface area contributed by atoms with E-state index in [9.17, 15) is 9.90 Å². The van der Waals surface area contributed by atoms with E-state index >= 15 is 0 Å². The number of carbonyl (C=O) groups excluding carboxylic acids is 1. The fraction of sp³-hybridized carbons (Fsp3) is 0.462. The quantitative estimate of drug-likeness (QED) is 0.745. The fourth-order valence-electron chi connectivity index (χ4n) is 1.31. The molecule has 0 spiro atoms. The molecule has 1 atom stereocenters. The van der Waals surface area contributed by atoms with Crippen molar-refractivity contribution in [2.24, 2.45) is 5.73 Å². The van der Waals surface area contributed by atoms with Crippen molar-refractivity contribution in [3.05, 3.63) is 29.3 Å². The maximum atomic E-state index is 12.0. The molecular formula is C13H20N2O2. The zero-order chi connectivity index (χ0) is 13.2. The summed E-state index contributed by atoms with van der Waals surface area (Å²) in [6.07, 6.45) is 0. The van der Waals surface area contributed by atoms with E-state index in [1.807, 2.05) is 27.7 Å². The summed E-state index contributed by atoms with van der Waals surface area (Å²) in [6, 6.07) is 4.78. The highest BCUT2D eigenvalue weighted by atomic mass is 16.3. The number of hydrogen-bond acceptors (Lipinski definition) is 3. The van der Waals surface area contributed by atoms with Gasteiger partial charge in [-0.25, -0.2) is 0 Å². The minimum atomic E-state index is -0.519. The van der Waals surface area contributed by atoms with E-state index in [0.717, 1.165) is 5.56 Å². The van der Waals surface area contributed by atoms with Gasteiger partial charge in [-0.1, -0.05) is 6.07 Å². The molecule has 0 bridgehead atoms. The van der Waals surface area contributed by atoms with E-state index in [1.165, 1.54) is 0 Å². The van der Waals surface area contributed by atoms with Gasteiger partial charge in [0, 0.05) is 11.6 Å². The van der Waals surface area contributed by atoms with Gasteiger partial charge in [0.05, 0.1) is 5.56 Å². The Bertz CT molecular complexity index is 425. The first-order valence-corrected chi connectivity index (χ1v) is 5.62. The van der Waals surface area contributed by atoms with Crippen molar-refractivity contribution in [2.45, 2.75) is 39.3 Å². The Morgan fingerprint density at radius 3 is 2.53 bits per heavy atom. The second kappa shape index (κ2) is 4.75. The maximum Gasteiger partial charge on any atom is 0.255 e. The number of phenols is 1. The summed E-state index contributed by atoms with van der Waals surface area (Å²) in [6.45, 7) is 7.38. The van der Waals surface area contributed by atoms with Crippen LogP contribution in [0.5, 0.6) is 5.75 Å². The number of aromatic hydroxyl groups is 1. The summed E-state index contributed by atoms with van der Waals surface area (Å²) in [4.78, 5) is 12.0. The van der Waals surface area contributed by atoms with Crippen molar-refractivity contribution in [1.29, 1.82) is 0 Å². The van der Waals surface area contributed by atoms with Gasteiger partial charge < -0.3 is 16.2 Å². The Morgan fingerprint density at radius 2 is 2.06 bits per heavy atom. The summed E-state index contributed by atoms with van der Waals surface area (Å²) < 4.78 is 0. The Kier molecular flexibility index (Phi) is 3.78. The van der Waals surface area contributed by atoms with Crippen molar-refractivity contribution in [3.8, 4) is 5.75 Å². The molecule has 4 heteroatoms. The molecule has 94 valence electrons. The molecule has 0 aromatic heterocycles. The van der Waals surface area contributed by atoms with Gasteiger partial charge in [0.1, 0.15) is 5.75 Å². The van der Waals surface area contributed by atoms with Gasteiger partial charge in [0.15, 0.2) is 0 Å². The van der Waals surface area contributed by atoms with E-state index in [4.69, 9.17) is 5.73 Å². The van der Waals surface area contributed by atoms with Crippen LogP contribution in [0.15, 0.2) is 18.2 Å². The zero-order valence-corrected chi connectivity index (χ0v) is 10.7. The molecule has 17 heavy (non-hydrogen) atoms. The van der Waals surface area contributed by atoms with E-state index in [-0.39, 0.29) is 23.3 Å². The fourth-order valence-corrected chi connectivity index (χ4v) is 1.31. The lowest BCUT2D eigenvalue weighted by Crippen LogP contribution is -2.54. The van der Waals surface area contributed by atoms with Crippen LogP contribution in [0.25, 0.3) is 0 Å². The highest BCUT2D eigenvalue weighted by Crippen LogP contribution is 2.19. The third-order valence-electron chi connectivity index (χ3n) is 2.97. The molecule has 1 aromatic carbocycles. The summed E-state index contributed by atoms with van der Waals surface area (Å²) in [7, 11) is 0. The average molecular weight is 236 g/mol. The van der Waals surface area contributed by atoms with Crippen molar-refractivity contribution in [1.82, 2.24) is 5.32 Å². The maximum absolute atomic E-state index is 12.0. The van der Waals surface area contributed by atoms with Gasteiger partial charge in [-0.15, -0.1) is 0 Å². The van der Waals surface area contributed by atoms with Gasteiger partial charge in [-0.05, 0) is 45.4 Å². The van der Waals surface area contributed by atoms with Crippen LogP contribution >= 0.6 is 0 Å². The Morgan fingerprint density at radius 1 is 1.47 bits per heavy atom. The number of phenolic OH excluding ortho intramolecular Hbond substituents is 1. The SMILES string of the molecule is Cc1ccc(C(=O)NC(C)(C)C(C)N)c(O)c1. The predicted octanol–water partition coefficient (Wildman–Crippen LogP) is 1.56. The molecular weight excluding hydrogens is 216 g/mol. The molecule has 0 aliphatic heterocycles. The average Bonchev–Trinajstić information content (AvgIpc) is 2.15. The van der Waals surface area contributed by atoms with Crippen LogP contribution in [-0.2, 0) is 0 Å². The minimum Gasteiger partial charge on any atom is -0.507 e. The zero-order valence-electron chi connectivity index (χ0n) is 10.7. The number of amides is 1. The first kappa shape index (κ1) is 13.5. The van der Waals surface area contributed by atoms with E-state index in [2.05, 4.69) is 5.32 Å². The molecule has 1 aromatic rings. The monoisotopic (exact) mass is 236 g/mol. The predicted molar refractivity (Wildman–Crippen MR) is 68.0 cm³/mol. The molecule has 1 rings (SSSR count). The number of nitrogens with one attached hydrogen (secondary N) is 1. The van der Waals surface area contributed by atoms with Gasteiger partial charge in [-0.3, -0.25) is 4.79 Å². The van der Waals surface area contributed by atoms with Gasteiger partial charge >= 0.3 is 0 Å². The lowest BCUT2D eigenvalue weighted by Gasteiger charge is -2.30. The van der Waals surface area contributed by atoms with Crippen LogP contribution in [0, 0.1) is 6.92 Å². The van der Waals surface area contributed by atoms with Crippen LogP contribution in [0.3, 0.4) is 0 Å². The molecule has 0 heterocycles. The van der Waals surface area contributed by atoms with Gasteiger partial charge in [-0.2, -0.15) is 0 Å². The van der Waals surface area contributed by atoms with E-state index < -0.39 is 5.54 Å². The number of rotatable bonds is 3. The molecule has 1 unspecified atom stereocenters. The molecule has 4 N–H and O–H groups in total. The molecule has 4 nitrogen and oxygen atoms in total. The first-order valence-electron chi connectivity index (χ1n) is 5.62. The van der Waals surface area contributed by atoms with Gasteiger partial charge in [0.2, 0.25) is 0 Å². The second-order valence-corrected chi connectivity index (χ2v) is 4.99. The highest BCUT2D eigenvalue weighted by molar-refractivity contribution is 5.97. The van der Waals surface area contributed by atoms with E-state index in [1.54, 1.807) is 18.2 Å². The minimum absolute atomic E-state index is 0.0111. The molecule has 0 fully saturated rings. The number of hydrogen-bond donors (Lipinski definition) is 3. The van der Waals surface area contributed by atoms with Crippen molar-refractivity contribution in [3.63, 3.8) is 0 Å². The molecule has 0 radical (unpaired) electrons. The lowest BCUT2D eigenvalue weighted by atomic mass is 9.96. The largest absolute Gasteiger partial charge is 0.507 e. The van der Waals surface area contributed by atoms with Crippen molar-refractivity contribution >= 4 is 5.91 Å². The lowest BCUT2D eigenvalue weighted by molar-refractivity contribution is 0.0900. The second-order valence-electron chi connectivity index (χ2n) is 4.99. The molecule has 0 saturated heterocycles. The third kappa shape index (κ3) is 3.20. The first-order chi connectivity index (χ1) is 7.74. The van der Waals surface area contributed by atoms with Crippen LogP contribution in [0.4, 0.5) is 0 Å². The third-order valence-corrected chi connectivity index (χ3v) is 2.97.